The molecule has 2 nitrogen and oxygen atoms in total. The van der Waals surface area contributed by atoms with Crippen molar-refractivity contribution in [2.24, 2.45) is 0 Å². The Kier molecular flexibility index (Phi) is 4.04. The van der Waals surface area contributed by atoms with Crippen molar-refractivity contribution < 1.29 is 4.84 Å². The van der Waals surface area contributed by atoms with Gasteiger partial charge < -0.3 is 4.84 Å². The summed E-state index contributed by atoms with van der Waals surface area (Å²) in [7, 11) is 1.75. The quantitative estimate of drug-likeness (QED) is 0.621. The van der Waals surface area contributed by atoms with E-state index < -0.39 is 0 Å². The van der Waals surface area contributed by atoms with Crippen molar-refractivity contribution in [3.63, 3.8) is 0 Å². The van der Waals surface area contributed by atoms with E-state index in [0.29, 0.717) is 0 Å². The van der Waals surface area contributed by atoms with Crippen LogP contribution in [0, 0.1) is 14.1 Å². The van der Waals surface area contributed by atoms with E-state index in [-0.39, 0.29) is 0 Å². The maximum absolute atomic E-state index is 5.21. The minimum Gasteiger partial charge on any atom is -0.408 e. The Morgan fingerprint density at radius 1 is 1.25 bits per heavy atom. The summed E-state index contributed by atoms with van der Waals surface area (Å²) in [6.07, 6.45) is 0. The number of nitrogens with one attached hydrogen (secondary N) is 1. The topological polar surface area (TPSA) is 21.3 Å². The molecule has 0 unspecified atom stereocenters. The van der Waals surface area contributed by atoms with Gasteiger partial charge in [0.05, 0.1) is 3.57 Å². The predicted octanol–water partition coefficient (Wildman–Crippen LogP) is 2.72. The molecule has 12 heavy (non-hydrogen) atoms. The van der Waals surface area contributed by atoms with Gasteiger partial charge in [-0.25, -0.2) is 0 Å². The summed E-state index contributed by atoms with van der Waals surface area (Å²) in [6.45, 7) is 2.09. The molecule has 0 heterocycles. The molecule has 0 saturated heterocycles. The third-order valence-corrected chi connectivity index (χ3v) is 3.43. The lowest BCUT2D eigenvalue weighted by Crippen LogP contribution is -2.12. The molecule has 4 heteroatoms. The van der Waals surface area contributed by atoms with Gasteiger partial charge in [-0.1, -0.05) is 0 Å². The van der Waals surface area contributed by atoms with Gasteiger partial charge in [-0.2, -0.15) is 5.48 Å². The van der Waals surface area contributed by atoms with Crippen molar-refractivity contribution in [2.75, 3.05) is 7.05 Å². The summed E-state index contributed by atoms with van der Waals surface area (Å²) in [4.78, 5) is 5.21. The van der Waals surface area contributed by atoms with Crippen molar-refractivity contribution in [3.05, 3.63) is 24.8 Å². The molecule has 0 atom stereocenters. The second-order valence-corrected chi connectivity index (χ2v) is 4.66. The Labute approximate surface area is 99.3 Å². The van der Waals surface area contributed by atoms with Crippen LogP contribution < -0.4 is 10.3 Å². The third kappa shape index (κ3) is 2.46. The van der Waals surface area contributed by atoms with Crippen LogP contribution in [0.4, 0.5) is 0 Å². The number of halogens is 2. The summed E-state index contributed by atoms with van der Waals surface area (Å²) in [6, 6.07) is 4.13. The van der Waals surface area contributed by atoms with Crippen LogP contribution in [0.2, 0.25) is 0 Å². The van der Waals surface area contributed by atoms with Gasteiger partial charge in [0.2, 0.25) is 0 Å². The van der Waals surface area contributed by atoms with Gasteiger partial charge in [-0.05, 0) is 69.8 Å². The maximum atomic E-state index is 5.21. The first kappa shape index (κ1) is 10.5. The lowest BCUT2D eigenvalue weighted by molar-refractivity contribution is 0.222. The lowest BCUT2D eigenvalue weighted by Gasteiger charge is -2.07. The van der Waals surface area contributed by atoms with E-state index in [0.717, 1.165) is 9.32 Å². The molecule has 0 aromatic heterocycles. The fourth-order valence-electron chi connectivity index (χ4n) is 0.816. The van der Waals surface area contributed by atoms with Crippen molar-refractivity contribution >= 4 is 45.2 Å². The third-order valence-electron chi connectivity index (χ3n) is 1.43. The van der Waals surface area contributed by atoms with E-state index in [1.54, 1.807) is 7.05 Å². The van der Waals surface area contributed by atoms with E-state index in [2.05, 4.69) is 63.7 Å². The van der Waals surface area contributed by atoms with Crippen LogP contribution in [0.25, 0.3) is 0 Å². The number of hydroxylamine groups is 1. The van der Waals surface area contributed by atoms with Gasteiger partial charge in [0, 0.05) is 10.6 Å². The second kappa shape index (κ2) is 4.61. The molecule has 0 spiro atoms. The molecule has 1 aromatic rings. The van der Waals surface area contributed by atoms with Gasteiger partial charge in [0.15, 0.2) is 5.75 Å². The summed E-state index contributed by atoms with van der Waals surface area (Å²) in [5, 5.41) is 0. The molecule has 0 amide bonds. The molecule has 0 saturated carbocycles. The molecule has 0 radical (unpaired) electrons. The van der Waals surface area contributed by atoms with E-state index in [1.807, 2.05) is 6.07 Å². The number of hydrogen-bond acceptors (Lipinski definition) is 2. The van der Waals surface area contributed by atoms with Crippen LogP contribution in [0.1, 0.15) is 5.56 Å². The summed E-state index contributed by atoms with van der Waals surface area (Å²) < 4.78 is 2.35. The zero-order chi connectivity index (χ0) is 9.14. The average molecular weight is 389 g/mol. The van der Waals surface area contributed by atoms with Gasteiger partial charge in [-0.3, -0.25) is 0 Å². The minimum atomic E-state index is 0.883. The molecular weight excluding hydrogens is 380 g/mol. The van der Waals surface area contributed by atoms with Crippen molar-refractivity contribution in [3.8, 4) is 5.75 Å². The SMILES string of the molecule is CNOc1cc(I)c(C)cc1I. The Hall–Kier alpha value is 0.440. The minimum absolute atomic E-state index is 0.883. The molecule has 0 fully saturated rings. The van der Waals surface area contributed by atoms with Crippen molar-refractivity contribution in [1.29, 1.82) is 0 Å². The number of aryl methyl sites for hydroxylation is 1. The Morgan fingerprint density at radius 2 is 1.92 bits per heavy atom. The Morgan fingerprint density at radius 3 is 2.50 bits per heavy atom. The molecule has 0 bridgehead atoms. The standard InChI is InChI=1S/C8H9I2NO/c1-5-3-7(10)8(12-11-2)4-6(5)9/h3-4,11H,1-2H3. The Balaban J connectivity index is 3.05. The predicted molar refractivity (Wildman–Crippen MR) is 66.3 cm³/mol. The fourth-order valence-corrected chi connectivity index (χ4v) is 1.99. The number of hydrogen-bond donors (Lipinski definition) is 1. The highest BCUT2D eigenvalue weighted by Crippen LogP contribution is 2.25. The zero-order valence-corrected chi connectivity index (χ0v) is 11.1. The second-order valence-electron chi connectivity index (χ2n) is 2.34. The molecule has 1 N–H and O–H groups in total. The first-order chi connectivity index (χ1) is 5.65. The van der Waals surface area contributed by atoms with Gasteiger partial charge in [0.1, 0.15) is 0 Å². The first-order valence-corrected chi connectivity index (χ1v) is 5.60. The lowest BCUT2D eigenvalue weighted by atomic mass is 10.2. The smallest absolute Gasteiger partial charge is 0.161 e. The molecule has 0 aliphatic carbocycles. The van der Waals surface area contributed by atoms with Gasteiger partial charge in [-0.15, -0.1) is 0 Å². The van der Waals surface area contributed by atoms with Crippen molar-refractivity contribution in [2.45, 2.75) is 6.92 Å². The molecule has 0 aliphatic heterocycles. The molecule has 66 valence electrons. The monoisotopic (exact) mass is 389 g/mol. The van der Waals surface area contributed by atoms with Crippen LogP contribution in [0.15, 0.2) is 12.1 Å². The molecule has 1 rings (SSSR count). The summed E-state index contributed by atoms with van der Waals surface area (Å²) >= 11 is 4.55. The van der Waals surface area contributed by atoms with Crippen LogP contribution in [0.5, 0.6) is 5.75 Å². The van der Waals surface area contributed by atoms with E-state index in [1.165, 1.54) is 9.13 Å². The van der Waals surface area contributed by atoms with Crippen LogP contribution >= 0.6 is 45.2 Å². The Bertz CT molecular complexity index is 289. The maximum Gasteiger partial charge on any atom is 0.161 e. The summed E-state index contributed by atoms with van der Waals surface area (Å²) in [5.41, 5.74) is 3.94. The van der Waals surface area contributed by atoms with Crippen molar-refractivity contribution in [1.82, 2.24) is 5.48 Å². The highest BCUT2D eigenvalue weighted by molar-refractivity contribution is 14.1. The highest BCUT2D eigenvalue weighted by Gasteiger charge is 2.03. The van der Waals surface area contributed by atoms with Gasteiger partial charge in [0.25, 0.3) is 0 Å². The summed E-state index contributed by atoms with van der Waals surface area (Å²) in [5.74, 6) is 0.883. The average Bonchev–Trinajstić information content (AvgIpc) is 2.01. The molecule has 0 aliphatic rings. The van der Waals surface area contributed by atoms with Crippen LogP contribution in [-0.4, -0.2) is 7.05 Å². The zero-order valence-electron chi connectivity index (χ0n) is 6.82. The fraction of sp³-hybridized carbons (Fsp3) is 0.250. The highest BCUT2D eigenvalue weighted by atomic mass is 127. The van der Waals surface area contributed by atoms with E-state index in [4.69, 9.17) is 4.84 Å². The largest absolute Gasteiger partial charge is 0.408 e. The molecule has 1 aromatic carbocycles. The first-order valence-electron chi connectivity index (χ1n) is 3.44. The van der Waals surface area contributed by atoms with Gasteiger partial charge >= 0.3 is 0 Å². The van der Waals surface area contributed by atoms with E-state index >= 15 is 0 Å². The van der Waals surface area contributed by atoms with E-state index in [9.17, 15) is 0 Å². The number of benzene rings is 1. The number of rotatable bonds is 2. The van der Waals surface area contributed by atoms with Crippen LogP contribution in [0.3, 0.4) is 0 Å². The normalized spacial score (nSPS) is 10.0. The molecular formula is C8H9I2NO. The van der Waals surface area contributed by atoms with Crippen LogP contribution in [-0.2, 0) is 0 Å².